The predicted octanol–water partition coefficient (Wildman–Crippen LogP) is -1.58. The van der Waals surface area contributed by atoms with E-state index >= 15 is 0 Å². The zero-order valence-electron chi connectivity index (χ0n) is 11.5. The number of hydrogen-bond donors (Lipinski definition) is 3. The average molecular weight is 317 g/mol. The molecule has 0 atom stereocenters. The number of ketones is 3. The Morgan fingerprint density at radius 1 is 0.545 bits per heavy atom. The maximum Gasteiger partial charge on any atom is 0.310 e. The van der Waals surface area contributed by atoms with Crippen LogP contribution in [0.3, 0.4) is 0 Å². The molecular formula is C12H15NO9. The van der Waals surface area contributed by atoms with Crippen molar-refractivity contribution in [1.29, 1.82) is 0 Å². The zero-order valence-corrected chi connectivity index (χ0v) is 11.5. The van der Waals surface area contributed by atoms with Gasteiger partial charge in [-0.05, 0) is 0 Å². The third kappa shape index (κ3) is 10.2. The van der Waals surface area contributed by atoms with E-state index in [1.807, 2.05) is 0 Å². The number of nitrogens with zero attached hydrogens (tertiary/aromatic N) is 1. The second kappa shape index (κ2) is 9.34. The van der Waals surface area contributed by atoms with Gasteiger partial charge in [0.2, 0.25) is 0 Å². The molecule has 0 aliphatic carbocycles. The van der Waals surface area contributed by atoms with E-state index in [4.69, 9.17) is 15.3 Å². The molecule has 0 saturated heterocycles. The highest BCUT2D eigenvalue weighted by Gasteiger charge is 2.21. The number of carboxylic acids is 3. The van der Waals surface area contributed by atoms with Gasteiger partial charge < -0.3 is 15.3 Å². The summed E-state index contributed by atoms with van der Waals surface area (Å²) in [5, 5.41) is 25.4. The van der Waals surface area contributed by atoms with Gasteiger partial charge in [0.1, 0.15) is 19.3 Å². The van der Waals surface area contributed by atoms with Crippen LogP contribution in [0.4, 0.5) is 0 Å². The fourth-order valence-corrected chi connectivity index (χ4v) is 1.59. The van der Waals surface area contributed by atoms with Crippen LogP contribution in [-0.2, 0) is 28.8 Å². The lowest BCUT2D eigenvalue weighted by Gasteiger charge is -2.19. The van der Waals surface area contributed by atoms with Gasteiger partial charge in [0.05, 0.1) is 19.6 Å². The van der Waals surface area contributed by atoms with Gasteiger partial charge >= 0.3 is 17.9 Å². The Hall–Kier alpha value is -2.62. The highest BCUT2D eigenvalue weighted by atomic mass is 16.4. The molecule has 0 unspecified atom stereocenters. The normalized spacial score (nSPS) is 10.2. The summed E-state index contributed by atoms with van der Waals surface area (Å²) in [6.07, 6.45) is -2.47. The lowest BCUT2D eigenvalue weighted by molar-refractivity contribution is -0.141. The van der Waals surface area contributed by atoms with E-state index in [9.17, 15) is 28.8 Å². The summed E-state index contributed by atoms with van der Waals surface area (Å²) in [7, 11) is 0. The van der Waals surface area contributed by atoms with E-state index in [0.29, 0.717) is 0 Å². The standard InChI is InChI=1S/C12H15NO9/c14-7(1-10(17)18)4-13(5-8(15)2-11(19)20)6-9(16)3-12(21)22/h1-6H2,(H,17,18)(H,19,20)(H,21,22). The summed E-state index contributed by atoms with van der Waals surface area (Å²) in [6.45, 7) is -1.70. The molecular weight excluding hydrogens is 302 g/mol. The van der Waals surface area contributed by atoms with Crippen molar-refractivity contribution in [1.82, 2.24) is 4.90 Å². The van der Waals surface area contributed by atoms with Crippen LogP contribution in [0.1, 0.15) is 19.3 Å². The molecule has 0 aromatic carbocycles. The Kier molecular flexibility index (Phi) is 8.23. The Labute approximate surface area is 124 Å². The number of rotatable bonds is 12. The fourth-order valence-electron chi connectivity index (χ4n) is 1.59. The van der Waals surface area contributed by atoms with Crippen LogP contribution in [0.5, 0.6) is 0 Å². The Morgan fingerprint density at radius 3 is 0.955 bits per heavy atom. The Morgan fingerprint density at radius 2 is 0.773 bits per heavy atom. The van der Waals surface area contributed by atoms with Crippen molar-refractivity contribution in [2.24, 2.45) is 0 Å². The Balaban J connectivity index is 4.74. The quantitative estimate of drug-likeness (QED) is 0.357. The SMILES string of the molecule is O=C(O)CC(=O)CN(CC(=O)CC(=O)O)CC(=O)CC(=O)O. The van der Waals surface area contributed by atoms with Gasteiger partial charge in [-0.3, -0.25) is 33.7 Å². The van der Waals surface area contributed by atoms with E-state index in [1.165, 1.54) is 0 Å². The fraction of sp³-hybridized carbons (Fsp3) is 0.500. The van der Waals surface area contributed by atoms with E-state index in [-0.39, 0.29) is 0 Å². The van der Waals surface area contributed by atoms with Crippen LogP contribution in [-0.4, -0.2) is 75.1 Å². The predicted molar refractivity (Wildman–Crippen MR) is 68.2 cm³/mol. The highest BCUT2D eigenvalue weighted by Crippen LogP contribution is 1.98. The molecule has 0 radical (unpaired) electrons. The second-order valence-electron chi connectivity index (χ2n) is 4.47. The number of carbonyl (C=O) groups excluding carboxylic acids is 3. The molecule has 0 aromatic heterocycles. The molecule has 0 spiro atoms. The lowest BCUT2D eigenvalue weighted by atomic mass is 10.2. The minimum atomic E-state index is -1.39. The van der Waals surface area contributed by atoms with Crippen LogP contribution in [0, 0.1) is 0 Å². The van der Waals surface area contributed by atoms with Crippen LogP contribution in [0.2, 0.25) is 0 Å². The largest absolute Gasteiger partial charge is 0.481 e. The number of carboxylic acid groups (broad SMARTS) is 3. The van der Waals surface area contributed by atoms with Gasteiger partial charge in [0.15, 0.2) is 17.3 Å². The van der Waals surface area contributed by atoms with E-state index in [2.05, 4.69) is 0 Å². The Bertz CT molecular complexity index is 426. The lowest BCUT2D eigenvalue weighted by Crippen LogP contribution is -2.39. The first-order chi connectivity index (χ1) is 10.1. The van der Waals surface area contributed by atoms with Crippen molar-refractivity contribution in [3.8, 4) is 0 Å². The first-order valence-corrected chi connectivity index (χ1v) is 6.03. The number of carbonyl (C=O) groups is 6. The molecule has 22 heavy (non-hydrogen) atoms. The van der Waals surface area contributed by atoms with Crippen molar-refractivity contribution >= 4 is 35.3 Å². The number of aliphatic carboxylic acids is 3. The van der Waals surface area contributed by atoms with Crippen molar-refractivity contribution in [2.75, 3.05) is 19.6 Å². The van der Waals surface area contributed by atoms with Gasteiger partial charge in [-0.1, -0.05) is 0 Å². The molecule has 0 aliphatic heterocycles. The molecule has 3 N–H and O–H groups in total. The molecule has 10 heteroatoms. The average Bonchev–Trinajstić information content (AvgIpc) is 2.23. The summed E-state index contributed by atoms with van der Waals surface area (Å²) >= 11 is 0. The minimum absolute atomic E-state index is 0.566. The molecule has 0 bridgehead atoms. The highest BCUT2D eigenvalue weighted by molar-refractivity contribution is 5.99. The smallest absolute Gasteiger partial charge is 0.310 e. The van der Waals surface area contributed by atoms with Crippen molar-refractivity contribution < 1.29 is 44.1 Å². The van der Waals surface area contributed by atoms with Crippen molar-refractivity contribution in [3.05, 3.63) is 0 Å². The summed E-state index contributed by atoms with van der Waals surface area (Å²) in [4.78, 5) is 66.3. The molecule has 0 amide bonds. The molecule has 0 rings (SSSR count). The van der Waals surface area contributed by atoms with E-state index < -0.39 is 74.2 Å². The molecule has 0 fully saturated rings. The molecule has 0 heterocycles. The van der Waals surface area contributed by atoms with Gasteiger partial charge in [-0.2, -0.15) is 0 Å². The minimum Gasteiger partial charge on any atom is -0.481 e. The molecule has 0 saturated carbocycles. The molecule has 0 aromatic rings. The van der Waals surface area contributed by atoms with Crippen LogP contribution in [0.15, 0.2) is 0 Å². The summed E-state index contributed by atoms with van der Waals surface area (Å²) in [5.41, 5.74) is 0. The molecule has 122 valence electrons. The number of Topliss-reactive ketones (excluding diaryl/α,β-unsaturated/α-hetero) is 3. The van der Waals surface area contributed by atoms with Gasteiger partial charge in [-0.25, -0.2) is 0 Å². The third-order valence-electron chi connectivity index (χ3n) is 2.25. The van der Waals surface area contributed by atoms with Crippen molar-refractivity contribution in [3.63, 3.8) is 0 Å². The van der Waals surface area contributed by atoms with Gasteiger partial charge in [0.25, 0.3) is 0 Å². The zero-order chi connectivity index (χ0) is 17.3. The van der Waals surface area contributed by atoms with Gasteiger partial charge in [-0.15, -0.1) is 0 Å². The maximum absolute atomic E-state index is 11.4. The second-order valence-corrected chi connectivity index (χ2v) is 4.47. The monoisotopic (exact) mass is 317 g/mol. The van der Waals surface area contributed by atoms with Crippen molar-refractivity contribution in [2.45, 2.75) is 19.3 Å². The van der Waals surface area contributed by atoms with Gasteiger partial charge in [0, 0.05) is 0 Å². The topological polar surface area (TPSA) is 166 Å². The van der Waals surface area contributed by atoms with E-state index in [1.54, 1.807) is 0 Å². The first-order valence-electron chi connectivity index (χ1n) is 6.03. The maximum atomic E-state index is 11.4. The van der Waals surface area contributed by atoms with Crippen LogP contribution in [0.25, 0.3) is 0 Å². The third-order valence-corrected chi connectivity index (χ3v) is 2.25. The summed E-state index contributed by atoms with van der Waals surface area (Å²) in [5.74, 6) is -6.55. The van der Waals surface area contributed by atoms with E-state index in [0.717, 1.165) is 4.90 Å². The first kappa shape index (κ1) is 19.4. The molecule has 0 aliphatic rings. The summed E-state index contributed by atoms with van der Waals surface area (Å²) < 4.78 is 0. The molecule has 10 nitrogen and oxygen atoms in total. The van der Waals surface area contributed by atoms with Crippen LogP contribution < -0.4 is 0 Å². The number of hydrogen-bond acceptors (Lipinski definition) is 7. The van der Waals surface area contributed by atoms with Crippen LogP contribution >= 0.6 is 0 Å². The summed E-state index contributed by atoms with van der Waals surface area (Å²) in [6, 6.07) is 0.